The molecule has 0 saturated heterocycles. The molecule has 0 aromatic rings. The summed E-state index contributed by atoms with van der Waals surface area (Å²) in [5.41, 5.74) is 0.677. The summed E-state index contributed by atoms with van der Waals surface area (Å²) >= 11 is 5.93. The van der Waals surface area contributed by atoms with Crippen molar-refractivity contribution >= 4 is 19.7 Å². The van der Waals surface area contributed by atoms with Gasteiger partial charge in [-0.25, -0.2) is 0 Å². The van der Waals surface area contributed by atoms with Crippen LogP contribution in [0.5, 0.6) is 0 Å². The third-order valence-corrected chi connectivity index (χ3v) is 7.32. The second-order valence-corrected chi connectivity index (χ2v) is 9.74. The molecule has 1 nitrogen and oxygen atoms in total. The molecule has 1 rings (SSSR count). The summed E-state index contributed by atoms with van der Waals surface area (Å²) in [6.45, 7) is 6.43. The van der Waals surface area contributed by atoms with E-state index < -0.39 is 8.07 Å². The van der Waals surface area contributed by atoms with Crippen LogP contribution in [0.15, 0.2) is 23.4 Å². The van der Waals surface area contributed by atoms with Gasteiger partial charge in [0.1, 0.15) is 0 Å². The van der Waals surface area contributed by atoms with Crippen LogP contribution in [0.25, 0.3) is 0 Å². The van der Waals surface area contributed by atoms with E-state index in [1.807, 2.05) is 25.2 Å². The zero-order valence-corrected chi connectivity index (χ0v) is 10.2. The van der Waals surface area contributed by atoms with Crippen molar-refractivity contribution < 1.29 is 5.11 Å². The average Bonchev–Trinajstić information content (AvgIpc) is 2.09. The van der Waals surface area contributed by atoms with Crippen molar-refractivity contribution in [2.75, 3.05) is 5.50 Å². The molecule has 0 aliphatic heterocycles. The smallest absolute Gasteiger partial charge is 0.0942 e. The third kappa shape index (κ3) is 2.24. The van der Waals surface area contributed by atoms with Gasteiger partial charge in [-0.2, -0.15) is 0 Å². The van der Waals surface area contributed by atoms with Crippen molar-refractivity contribution in [3.8, 4) is 0 Å². The molecule has 0 heterocycles. The van der Waals surface area contributed by atoms with Crippen molar-refractivity contribution in [2.45, 2.75) is 26.1 Å². The van der Waals surface area contributed by atoms with Crippen LogP contribution in [0.2, 0.25) is 13.1 Å². The Kier molecular flexibility index (Phi) is 3.38. The van der Waals surface area contributed by atoms with Gasteiger partial charge in [0, 0.05) is 11.4 Å². The van der Waals surface area contributed by atoms with E-state index in [1.165, 1.54) is 5.20 Å². The second-order valence-electron chi connectivity index (χ2n) is 4.33. The van der Waals surface area contributed by atoms with Crippen molar-refractivity contribution in [2.24, 2.45) is 5.92 Å². The summed E-state index contributed by atoms with van der Waals surface area (Å²) in [7, 11) is -1.56. The molecule has 0 unspecified atom stereocenters. The van der Waals surface area contributed by atoms with Crippen LogP contribution in [0, 0.1) is 5.92 Å². The van der Waals surface area contributed by atoms with E-state index in [2.05, 4.69) is 13.1 Å². The van der Waals surface area contributed by atoms with Crippen LogP contribution in [0.3, 0.4) is 0 Å². The van der Waals surface area contributed by atoms with Gasteiger partial charge in [0.15, 0.2) is 0 Å². The molecule has 0 saturated carbocycles. The average molecular weight is 217 g/mol. The first kappa shape index (κ1) is 11.0. The van der Waals surface area contributed by atoms with Crippen LogP contribution in [-0.4, -0.2) is 24.8 Å². The molecule has 74 valence electrons. The molecule has 0 aromatic heterocycles. The van der Waals surface area contributed by atoms with Gasteiger partial charge in [-0.1, -0.05) is 43.4 Å². The second kappa shape index (κ2) is 3.99. The molecular formula is C10H17ClOSi. The number of halogens is 1. The fraction of sp³-hybridized carbons (Fsp3) is 0.600. The molecule has 1 aliphatic carbocycles. The fourth-order valence-corrected chi connectivity index (χ4v) is 3.75. The molecule has 13 heavy (non-hydrogen) atoms. The Morgan fingerprint density at radius 3 is 2.69 bits per heavy atom. The van der Waals surface area contributed by atoms with Gasteiger partial charge in [-0.15, -0.1) is 11.6 Å². The predicted octanol–water partition coefficient (Wildman–Crippen LogP) is 2.51. The number of rotatable bonds is 2. The van der Waals surface area contributed by atoms with Gasteiger partial charge in [0.05, 0.1) is 14.2 Å². The number of alkyl halides is 1. The zero-order chi connectivity index (χ0) is 10.1. The summed E-state index contributed by atoms with van der Waals surface area (Å²) < 4.78 is 0. The van der Waals surface area contributed by atoms with Crippen LogP contribution in [0.1, 0.15) is 6.92 Å². The summed E-state index contributed by atoms with van der Waals surface area (Å²) in [6, 6.07) is 0. The highest BCUT2D eigenvalue weighted by molar-refractivity contribution is 6.89. The SMILES string of the molecule is C[C@H]1C=CC=C([Si](C)(C)CCl)[C@H]1O. The third-order valence-electron chi connectivity index (χ3n) is 2.62. The van der Waals surface area contributed by atoms with Crippen LogP contribution in [0.4, 0.5) is 0 Å². The maximum absolute atomic E-state index is 9.96. The van der Waals surface area contributed by atoms with Crippen molar-refractivity contribution in [3.05, 3.63) is 23.4 Å². The van der Waals surface area contributed by atoms with Gasteiger partial charge in [-0.05, 0) is 0 Å². The highest BCUT2D eigenvalue weighted by Crippen LogP contribution is 2.27. The molecule has 3 heteroatoms. The Labute approximate surface area is 86.1 Å². The summed E-state index contributed by atoms with van der Waals surface area (Å²) in [5.74, 6) is 0.231. The summed E-state index contributed by atoms with van der Waals surface area (Å²) in [6.07, 6.45) is 5.80. The molecule has 0 radical (unpaired) electrons. The van der Waals surface area contributed by atoms with E-state index in [9.17, 15) is 5.11 Å². The minimum atomic E-state index is -1.56. The van der Waals surface area contributed by atoms with Gasteiger partial charge in [0.2, 0.25) is 0 Å². The van der Waals surface area contributed by atoms with Crippen LogP contribution >= 0.6 is 11.6 Å². The predicted molar refractivity (Wildman–Crippen MR) is 60.6 cm³/mol. The molecule has 1 aliphatic rings. The Hall–Kier alpha value is -0.0531. The number of hydrogen-bond donors (Lipinski definition) is 1. The standard InChI is InChI=1S/C10H17ClOSi/c1-8-5-4-6-9(10(8)12)13(2,3)7-11/h4-6,8,10,12H,7H2,1-3H3/t8-,10-/m0/s1. The number of aliphatic hydroxyl groups is 1. The van der Waals surface area contributed by atoms with Crippen LogP contribution < -0.4 is 0 Å². The lowest BCUT2D eigenvalue weighted by molar-refractivity contribution is 0.177. The van der Waals surface area contributed by atoms with Gasteiger partial charge >= 0.3 is 0 Å². The molecule has 1 N–H and O–H groups in total. The van der Waals surface area contributed by atoms with E-state index in [4.69, 9.17) is 11.6 Å². The van der Waals surface area contributed by atoms with Gasteiger partial charge < -0.3 is 5.11 Å². The molecule has 2 atom stereocenters. The topological polar surface area (TPSA) is 20.2 Å². The molecular weight excluding hydrogens is 200 g/mol. The van der Waals surface area contributed by atoms with E-state index in [-0.39, 0.29) is 12.0 Å². The lowest BCUT2D eigenvalue weighted by atomic mass is 10.00. The van der Waals surface area contributed by atoms with Crippen molar-refractivity contribution in [3.63, 3.8) is 0 Å². The Balaban J connectivity index is 2.91. The highest BCUT2D eigenvalue weighted by atomic mass is 35.5. The molecule has 0 bridgehead atoms. The largest absolute Gasteiger partial charge is 0.389 e. The molecule has 0 spiro atoms. The lowest BCUT2D eigenvalue weighted by Gasteiger charge is -2.31. The first-order chi connectivity index (χ1) is 5.99. The Morgan fingerprint density at radius 1 is 1.54 bits per heavy atom. The molecule has 0 fully saturated rings. The van der Waals surface area contributed by atoms with E-state index in [0.29, 0.717) is 5.50 Å². The molecule has 0 aromatic carbocycles. The van der Waals surface area contributed by atoms with Crippen molar-refractivity contribution in [1.29, 1.82) is 0 Å². The van der Waals surface area contributed by atoms with Crippen molar-refractivity contribution in [1.82, 2.24) is 0 Å². The number of allylic oxidation sites excluding steroid dienone is 2. The summed E-state index contributed by atoms with van der Waals surface area (Å²) in [4.78, 5) is 0. The minimum Gasteiger partial charge on any atom is -0.389 e. The monoisotopic (exact) mass is 216 g/mol. The van der Waals surface area contributed by atoms with E-state index in [1.54, 1.807) is 0 Å². The Morgan fingerprint density at radius 2 is 2.15 bits per heavy atom. The summed E-state index contributed by atoms with van der Waals surface area (Å²) in [5, 5.41) is 11.1. The maximum atomic E-state index is 9.96. The minimum absolute atomic E-state index is 0.231. The number of aliphatic hydroxyl groups excluding tert-OH is 1. The maximum Gasteiger partial charge on any atom is 0.0942 e. The normalized spacial score (nSPS) is 28.8. The molecule has 0 amide bonds. The fourth-order valence-electron chi connectivity index (χ4n) is 1.52. The van der Waals surface area contributed by atoms with Crippen LogP contribution in [-0.2, 0) is 0 Å². The lowest BCUT2D eigenvalue weighted by Crippen LogP contribution is -2.40. The van der Waals surface area contributed by atoms with E-state index >= 15 is 0 Å². The Bertz CT molecular complexity index is 245. The van der Waals surface area contributed by atoms with E-state index in [0.717, 1.165) is 0 Å². The number of hydrogen-bond acceptors (Lipinski definition) is 1. The first-order valence-electron chi connectivity index (χ1n) is 4.62. The van der Waals surface area contributed by atoms with Gasteiger partial charge in [-0.3, -0.25) is 0 Å². The quantitative estimate of drug-likeness (QED) is 0.556. The first-order valence-corrected chi connectivity index (χ1v) is 8.36. The van der Waals surface area contributed by atoms with Gasteiger partial charge in [0.25, 0.3) is 0 Å². The highest BCUT2D eigenvalue weighted by Gasteiger charge is 2.32. The zero-order valence-electron chi connectivity index (χ0n) is 8.42.